The Bertz CT molecular complexity index is 1160. The number of nitrogens with one attached hydrogen (secondary N) is 1. The predicted octanol–water partition coefficient (Wildman–Crippen LogP) is 3.73. The zero-order valence-electron chi connectivity index (χ0n) is 16.7. The van der Waals surface area contributed by atoms with Crippen LogP contribution in [0.15, 0.2) is 64.5 Å². The molecule has 2 aromatic heterocycles. The summed E-state index contributed by atoms with van der Waals surface area (Å²) in [4.78, 5) is 0. The highest BCUT2D eigenvalue weighted by Gasteiger charge is 2.20. The highest BCUT2D eigenvalue weighted by atomic mass is 32.1. The Kier molecular flexibility index (Phi) is 5.75. The lowest BCUT2D eigenvalue weighted by Crippen LogP contribution is -2.41. The van der Waals surface area contributed by atoms with Crippen molar-refractivity contribution in [3.63, 3.8) is 0 Å². The standard InChI is InChI=1S/C23H22N2O5S/c26-16(11-24-12-18-14-28-19-6-1-2-7-20(19)29-18)13-27-17-5-3-4-15(10-17)22-23-21(30-25-22)8-9-31-23/h1-10,16,18,24,26H,11-14H2. The third kappa shape index (κ3) is 4.51. The largest absolute Gasteiger partial charge is 0.491 e. The number of fused-ring (bicyclic) bond motifs is 2. The van der Waals surface area contributed by atoms with Crippen molar-refractivity contribution in [1.82, 2.24) is 10.5 Å². The molecule has 7 nitrogen and oxygen atoms in total. The SMILES string of the molecule is OC(CNCC1COc2ccccc2O1)COc1cccc(-c2noc3ccsc23)c1. The Morgan fingerprint density at radius 2 is 2.06 bits per heavy atom. The van der Waals surface area contributed by atoms with Gasteiger partial charge in [0.25, 0.3) is 0 Å². The number of aliphatic hydroxyl groups excluding tert-OH is 1. The fourth-order valence-corrected chi connectivity index (χ4v) is 4.24. The Morgan fingerprint density at radius 3 is 3.00 bits per heavy atom. The van der Waals surface area contributed by atoms with E-state index in [0.717, 1.165) is 33.0 Å². The first kappa shape index (κ1) is 19.9. The van der Waals surface area contributed by atoms with Gasteiger partial charge in [-0.25, -0.2) is 0 Å². The topological polar surface area (TPSA) is 86.0 Å². The first-order valence-corrected chi connectivity index (χ1v) is 11.0. The third-order valence-corrected chi connectivity index (χ3v) is 5.85. The van der Waals surface area contributed by atoms with Crippen LogP contribution < -0.4 is 19.5 Å². The summed E-state index contributed by atoms with van der Waals surface area (Å²) >= 11 is 1.59. The van der Waals surface area contributed by atoms with Gasteiger partial charge in [0.1, 0.15) is 41.6 Å². The van der Waals surface area contributed by atoms with E-state index in [1.54, 1.807) is 11.3 Å². The van der Waals surface area contributed by atoms with Gasteiger partial charge in [0.15, 0.2) is 17.1 Å². The van der Waals surface area contributed by atoms with Crippen LogP contribution in [0.3, 0.4) is 0 Å². The first-order valence-electron chi connectivity index (χ1n) is 10.1. The van der Waals surface area contributed by atoms with E-state index in [4.69, 9.17) is 18.7 Å². The smallest absolute Gasteiger partial charge is 0.178 e. The maximum atomic E-state index is 10.3. The third-order valence-electron chi connectivity index (χ3n) is 4.95. The molecule has 0 bridgehead atoms. The summed E-state index contributed by atoms with van der Waals surface area (Å²) in [6, 6.07) is 17.2. The van der Waals surface area contributed by atoms with Crippen molar-refractivity contribution in [2.75, 3.05) is 26.3 Å². The number of rotatable bonds is 8. The van der Waals surface area contributed by atoms with Crippen LogP contribution in [-0.4, -0.2) is 48.8 Å². The van der Waals surface area contributed by atoms with E-state index in [9.17, 15) is 5.11 Å². The van der Waals surface area contributed by atoms with Crippen molar-refractivity contribution in [3.8, 4) is 28.5 Å². The van der Waals surface area contributed by atoms with Crippen LogP contribution in [0.25, 0.3) is 21.5 Å². The summed E-state index contributed by atoms with van der Waals surface area (Å²) in [6.07, 6.45) is -0.757. The molecule has 1 aliphatic rings. The molecule has 160 valence electrons. The average Bonchev–Trinajstić information content (AvgIpc) is 3.42. The van der Waals surface area contributed by atoms with Crippen LogP contribution in [0, 0.1) is 0 Å². The lowest BCUT2D eigenvalue weighted by molar-refractivity contribution is 0.0778. The number of para-hydroxylation sites is 2. The normalized spacial score (nSPS) is 16.4. The average molecular weight is 439 g/mol. The Morgan fingerprint density at radius 1 is 1.16 bits per heavy atom. The number of benzene rings is 2. The number of hydrogen-bond donors (Lipinski definition) is 2. The lowest BCUT2D eigenvalue weighted by Gasteiger charge is -2.27. The second-order valence-corrected chi connectivity index (χ2v) is 8.21. The summed E-state index contributed by atoms with van der Waals surface area (Å²) in [5.41, 5.74) is 2.50. The number of thiophene rings is 1. The van der Waals surface area contributed by atoms with Gasteiger partial charge in [-0.15, -0.1) is 11.3 Å². The number of hydrogen-bond acceptors (Lipinski definition) is 8. The Balaban J connectivity index is 1.10. The molecule has 0 radical (unpaired) electrons. The number of aromatic nitrogens is 1. The van der Waals surface area contributed by atoms with Crippen LogP contribution in [0.5, 0.6) is 17.2 Å². The van der Waals surface area contributed by atoms with Crippen molar-refractivity contribution in [2.24, 2.45) is 0 Å². The van der Waals surface area contributed by atoms with E-state index < -0.39 is 6.10 Å². The van der Waals surface area contributed by atoms with Crippen molar-refractivity contribution >= 4 is 21.6 Å². The summed E-state index contributed by atoms with van der Waals surface area (Å²) < 4.78 is 23.7. The summed E-state index contributed by atoms with van der Waals surface area (Å²) in [5.74, 6) is 2.18. The molecule has 4 aromatic rings. The van der Waals surface area contributed by atoms with E-state index >= 15 is 0 Å². The maximum absolute atomic E-state index is 10.3. The second-order valence-electron chi connectivity index (χ2n) is 7.29. The molecular weight excluding hydrogens is 416 g/mol. The molecule has 2 unspecified atom stereocenters. The molecule has 2 atom stereocenters. The van der Waals surface area contributed by atoms with E-state index in [2.05, 4.69) is 10.5 Å². The zero-order valence-corrected chi connectivity index (χ0v) is 17.5. The molecular formula is C23H22N2O5S. The van der Waals surface area contributed by atoms with Crippen LogP contribution in [0.2, 0.25) is 0 Å². The molecule has 2 aromatic carbocycles. The molecule has 1 aliphatic heterocycles. The van der Waals surface area contributed by atoms with E-state index in [0.29, 0.717) is 25.4 Å². The number of nitrogens with zero attached hydrogens (tertiary/aromatic N) is 1. The van der Waals surface area contributed by atoms with Gasteiger partial charge in [0.05, 0.1) is 0 Å². The van der Waals surface area contributed by atoms with Crippen molar-refractivity contribution in [3.05, 3.63) is 60.0 Å². The monoisotopic (exact) mass is 438 g/mol. The van der Waals surface area contributed by atoms with Gasteiger partial charge in [0, 0.05) is 18.7 Å². The van der Waals surface area contributed by atoms with Gasteiger partial charge in [-0.2, -0.15) is 0 Å². The van der Waals surface area contributed by atoms with Gasteiger partial charge in [-0.3, -0.25) is 0 Å². The second kappa shape index (κ2) is 8.97. The Hall–Kier alpha value is -3.07. The molecule has 0 amide bonds. The number of ether oxygens (including phenoxy) is 3. The predicted molar refractivity (Wildman–Crippen MR) is 118 cm³/mol. The molecule has 31 heavy (non-hydrogen) atoms. The lowest BCUT2D eigenvalue weighted by atomic mass is 10.1. The van der Waals surface area contributed by atoms with Crippen LogP contribution in [-0.2, 0) is 0 Å². The van der Waals surface area contributed by atoms with Crippen molar-refractivity contribution in [2.45, 2.75) is 12.2 Å². The highest BCUT2D eigenvalue weighted by molar-refractivity contribution is 7.17. The first-order chi connectivity index (χ1) is 15.3. The molecule has 0 fully saturated rings. The number of aliphatic hydroxyl groups is 1. The summed E-state index contributed by atoms with van der Waals surface area (Å²) in [5, 5.41) is 19.6. The quantitative estimate of drug-likeness (QED) is 0.434. The summed E-state index contributed by atoms with van der Waals surface area (Å²) in [6.45, 7) is 1.61. The maximum Gasteiger partial charge on any atom is 0.178 e. The zero-order chi connectivity index (χ0) is 21.0. The minimum absolute atomic E-state index is 0.101. The van der Waals surface area contributed by atoms with Crippen molar-refractivity contribution in [1.29, 1.82) is 0 Å². The molecule has 2 N–H and O–H groups in total. The molecule has 0 saturated carbocycles. The van der Waals surface area contributed by atoms with E-state index in [1.165, 1.54) is 0 Å². The van der Waals surface area contributed by atoms with E-state index in [-0.39, 0.29) is 12.7 Å². The fraction of sp³-hybridized carbons (Fsp3) is 0.261. The molecule has 0 saturated heterocycles. The minimum Gasteiger partial charge on any atom is -0.491 e. The van der Waals surface area contributed by atoms with Gasteiger partial charge in [0.2, 0.25) is 0 Å². The molecule has 3 heterocycles. The van der Waals surface area contributed by atoms with Gasteiger partial charge >= 0.3 is 0 Å². The van der Waals surface area contributed by atoms with Gasteiger partial charge in [-0.1, -0.05) is 29.4 Å². The summed E-state index contributed by atoms with van der Waals surface area (Å²) in [7, 11) is 0. The van der Waals surface area contributed by atoms with Crippen LogP contribution in [0.1, 0.15) is 0 Å². The molecule has 0 aliphatic carbocycles. The van der Waals surface area contributed by atoms with E-state index in [1.807, 2.05) is 60.0 Å². The van der Waals surface area contributed by atoms with Gasteiger partial charge in [-0.05, 0) is 35.7 Å². The van der Waals surface area contributed by atoms with Gasteiger partial charge < -0.3 is 29.2 Å². The van der Waals surface area contributed by atoms with Crippen molar-refractivity contribution < 1.29 is 23.8 Å². The Labute approximate surface area is 183 Å². The molecule has 8 heteroatoms. The molecule has 5 rings (SSSR count). The molecule has 0 spiro atoms. The van der Waals surface area contributed by atoms with Crippen LogP contribution >= 0.6 is 11.3 Å². The minimum atomic E-state index is -0.656. The van der Waals surface area contributed by atoms with Crippen LogP contribution in [0.4, 0.5) is 0 Å². The highest BCUT2D eigenvalue weighted by Crippen LogP contribution is 2.33. The fourth-order valence-electron chi connectivity index (χ4n) is 3.42.